The predicted octanol–water partition coefficient (Wildman–Crippen LogP) is 4.00. The summed E-state index contributed by atoms with van der Waals surface area (Å²) in [6.07, 6.45) is -4.65. The predicted molar refractivity (Wildman–Crippen MR) is 133 cm³/mol. The molecule has 0 atom stereocenters. The van der Waals surface area contributed by atoms with Gasteiger partial charge in [0.2, 0.25) is 5.91 Å². The number of carbonyl (C=O) groups excluding carboxylic acids is 3. The van der Waals surface area contributed by atoms with Crippen molar-refractivity contribution in [2.75, 3.05) is 32.7 Å². The van der Waals surface area contributed by atoms with E-state index < -0.39 is 29.1 Å². The molecule has 0 bridgehead atoms. The molecule has 0 saturated carbocycles. The zero-order valence-electron chi connectivity index (χ0n) is 20.4. The van der Waals surface area contributed by atoms with Crippen molar-refractivity contribution in [1.82, 2.24) is 15.1 Å². The third kappa shape index (κ3) is 6.50. The fourth-order valence-corrected chi connectivity index (χ4v) is 4.12. The number of nitrogens with zero attached hydrogens (tertiary/aromatic N) is 2. The molecule has 1 N–H and O–H groups in total. The van der Waals surface area contributed by atoms with Crippen LogP contribution in [0, 0.1) is 0 Å². The third-order valence-electron chi connectivity index (χ3n) is 6.15. The summed E-state index contributed by atoms with van der Waals surface area (Å²) in [4.78, 5) is 41.0. The molecule has 198 valence electrons. The lowest BCUT2D eigenvalue weighted by atomic mass is 10.1. The third-order valence-corrected chi connectivity index (χ3v) is 6.15. The summed E-state index contributed by atoms with van der Waals surface area (Å²) >= 11 is 0. The Hall–Kier alpha value is -4.34. The first kappa shape index (κ1) is 26.7. The Morgan fingerprint density at radius 2 is 1.34 bits per heavy atom. The molecule has 3 aromatic rings. The number of amides is 3. The van der Waals surface area contributed by atoms with Crippen LogP contribution in [0.15, 0.2) is 78.9 Å². The van der Waals surface area contributed by atoms with Gasteiger partial charge in [0.05, 0.1) is 23.2 Å². The minimum atomic E-state index is -4.65. The van der Waals surface area contributed by atoms with Gasteiger partial charge in [-0.2, -0.15) is 13.2 Å². The van der Waals surface area contributed by atoms with Gasteiger partial charge in [0.15, 0.2) is 0 Å². The molecule has 1 saturated heterocycles. The minimum Gasteiger partial charge on any atom is -0.488 e. The lowest BCUT2D eigenvalue weighted by Gasteiger charge is -2.35. The molecule has 0 aliphatic carbocycles. The van der Waals surface area contributed by atoms with Crippen molar-refractivity contribution in [1.29, 1.82) is 0 Å². The molecule has 1 aliphatic heterocycles. The summed E-state index contributed by atoms with van der Waals surface area (Å²) in [5, 5.41) is 2.60. The first-order valence-corrected chi connectivity index (χ1v) is 12.0. The van der Waals surface area contributed by atoms with Crippen LogP contribution in [0.4, 0.5) is 13.2 Å². The average molecular weight is 526 g/mol. The summed E-state index contributed by atoms with van der Waals surface area (Å²) in [6, 6.07) is 20.8. The number of hydrogen-bond acceptors (Lipinski definition) is 4. The van der Waals surface area contributed by atoms with Crippen molar-refractivity contribution in [3.05, 3.63) is 101 Å². The number of ether oxygens (including phenoxy) is 1. The maximum Gasteiger partial charge on any atom is 0.417 e. The highest BCUT2D eigenvalue weighted by atomic mass is 19.4. The number of nitrogens with one attached hydrogen (secondary N) is 1. The van der Waals surface area contributed by atoms with E-state index in [4.69, 9.17) is 4.74 Å². The second kappa shape index (κ2) is 11.8. The molecular formula is C28H26F3N3O4. The molecule has 1 fully saturated rings. The first-order chi connectivity index (χ1) is 18.2. The van der Waals surface area contributed by atoms with Crippen LogP contribution in [0.2, 0.25) is 0 Å². The number of para-hydroxylation sites is 1. The number of rotatable bonds is 7. The minimum absolute atomic E-state index is 0.0842. The van der Waals surface area contributed by atoms with Crippen LogP contribution in [0.5, 0.6) is 5.75 Å². The molecule has 3 amide bonds. The highest BCUT2D eigenvalue weighted by Crippen LogP contribution is 2.32. The highest BCUT2D eigenvalue weighted by molar-refractivity contribution is 5.99. The van der Waals surface area contributed by atoms with Gasteiger partial charge in [-0.15, -0.1) is 0 Å². The maximum absolute atomic E-state index is 13.3. The van der Waals surface area contributed by atoms with Gasteiger partial charge in [0, 0.05) is 26.2 Å². The zero-order valence-corrected chi connectivity index (χ0v) is 20.4. The normalized spacial score (nSPS) is 13.7. The zero-order chi connectivity index (χ0) is 27.1. The number of alkyl halides is 3. The van der Waals surface area contributed by atoms with Crippen molar-refractivity contribution >= 4 is 17.7 Å². The van der Waals surface area contributed by atoms with E-state index in [-0.39, 0.29) is 50.8 Å². The molecular weight excluding hydrogens is 499 g/mol. The molecule has 0 spiro atoms. The Labute approximate surface area is 217 Å². The van der Waals surface area contributed by atoms with E-state index >= 15 is 0 Å². The SMILES string of the molecule is O=C(NCC(=O)N1CCN(C(=O)c2ccccc2C(F)(F)F)CC1)c1ccccc1OCc1ccccc1. The van der Waals surface area contributed by atoms with Crippen molar-refractivity contribution < 1.29 is 32.3 Å². The van der Waals surface area contributed by atoms with E-state index in [0.29, 0.717) is 5.75 Å². The van der Waals surface area contributed by atoms with Gasteiger partial charge in [-0.05, 0) is 29.8 Å². The molecule has 0 aromatic heterocycles. The summed E-state index contributed by atoms with van der Waals surface area (Å²) < 4.78 is 45.7. The molecule has 0 unspecified atom stereocenters. The molecule has 0 radical (unpaired) electrons. The molecule has 38 heavy (non-hydrogen) atoms. The van der Waals surface area contributed by atoms with E-state index in [2.05, 4.69) is 5.32 Å². The first-order valence-electron chi connectivity index (χ1n) is 12.0. The van der Waals surface area contributed by atoms with Crippen LogP contribution in [0.3, 0.4) is 0 Å². The fraction of sp³-hybridized carbons (Fsp3) is 0.250. The van der Waals surface area contributed by atoms with E-state index in [9.17, 15) is 27.6 Å². The van der Waals surface area contributed by atoms with Gasteiger partial charge in [0.25, 0.3) is 11.8 Å². The quantitative estimate of drug-likeness (QED) is 0.506. The van der Waals surface area contributed by atoms with Crippen LogP contribution in [0.1, 0.15) is 31.8 Å². The molecule has 10 heteroatoms. The molecule has 3 aromatic carbocycles. The van der Waals surface area contributed by atoms with Gasteiger partial charge in [-0.1, -0.05) is 54.6 Å². The fourth-order valence-electron chi connectivity index (χ4n) is 4.12. The smallest absolute Gasteiger partial charge is 0.417 e. The van der Waals surface area contributed by atoms with E-state index in [0.717, 1.165) is 17.7 Å². The van der Waals surface area contributed by atoms with Crippen molar-refractivity contribution in [2.24, 2.45) is 0 Å². The summed E-state index contributed by atoms with van der Waals surface area (Å²) in [6.45, 7) is 0.468. The van der Waals surface area contributed by atoms with E-state index in [1.165, 1.54) is 21.9 Å². The van der Waals surface area contributed by atoms with Crippen LogP contribution >= 0.6 is 0 Å². The van der Waals surface area contributed by atoms with Crippen LogP contribution in [-0.2, 0) is 17.6 Å². The summed E-state index contributed by atoms with van der Waals surface area (Å²) in [7, 11) is 0. The van der Waals surface area contributed by atoms with Crippen molar-refractivity contribution in [3.63, 3.8) is 0 Å². The van der Waals surface area contributed by atoms with Crippen molar-refractivity contribution in [3.8, 4) is 5.75 Å². The Morgan fingerprint density at radius 3 is 2.03 bits per heavy atom. The highest BCUT2D eigenvalue weighted by Gasteiger charge is 2.36. The Balaban J connectivity index is 1.29. The van der Waals surface area contributed by atoms with Gasteiger partial charge < -0.3 is 19.9 Å². The number of halogens is 3. The maximum atomic E-state index is 13.3. The van der Waals surface area contributed by atoms with Gasteiger partial charge >= 0.3 is 6.18 Å². The second-order valence-corrected chi connectivity index (χ2v) is 8.67. The van der Waals surface area contributed by atoms with Crippen LogP contribution < -0.4 is 10.1 Å². The summed E-state index contributed by atoms with van der Waals surface area (Å²) in [5.74, 6) is -1.18. The molecule has 1 aliphatic rings. The Morgan fingerprint density at radius 1 is 0.763 bits per heavy atom. The Kier molecular flexibility index (Phi) is 8.30. The number of carbonyl (C=O) groups is 3. The number of benzene rings is 3. The Bertz CT molecular complexity index is 1290. The topological polar surface area (TPSA) is 79.0 Å². The molecule has 7 nitrogen and oxygen atoms in total. The second-order valence-electron chi connectivity index (χ2n) is 8.67. The largest absolute Gasteiger partial charge is 0.488 e. The lowest BCUT2D eigenvalue weighted by molar-refractivity contribution is -0.138. The molecule has 1 heterocycles. The van der Waals surface area contributed by atoms with Crippen molar-refractivity contribution in [2.45, 2.75) is 12.8 Å². The van der Waals surface area contributed by atoms with Gasteiger partial charge in [0.1, 0.15) is 12.4 Å². The van der Waals surface area contributed by atoms with Gasteiger partial charge in [-0.25, -0.2) is 0 Å². The van der Waals surface area contributed by atoms with E-state index in [1.54, 1.807) is 24.3 Å². The average Bonchev–Trinajstić information content (AvgIpc) is 2.94. The van der Waals surface area contributed by atoms with Crippen LogP contribution in [-0.4, -0.2) is 60.2 Å². The monoisotopic (exact) mass is 525 g/mol. The van der Waals surface area contributed by atoms with Crippen LogP contribution in [0.25, 0.3) is 0 Å². The number of piperazine rings is 1. The van der Waals surface area contributed by atoms with E-state index in [1.807, 2.05) is 30.3 Å². The summed E-state index contributed by atoms with van der Waals surface area (Å²) in [5.41, 5.74) is -0.174. The molecule has 4 rings (SSSR count). The lowest BCUT2D eigenvalue weighted by Crippen LogP contribution is -2.52. The van der Waals surface area contributed by atoms with Gasteiger partial charge in [-0.3, -0.25) is 14.4 Å². The standard InChI is InChI=1S/C28H26F3N3O4/c29-28(30,31)23-12-6-4-10-21(23)27(37)34-16-14-33(15-17-34)25(35)18-32-26(36)22-11-5-7-13-24(22)38-19-20-8-2-1-3-9-20/h1-13H,14-19H2,(H,32,36). The number of hydrogen-bond donors (Lipinski definition) is 1.